The summed E-state index contributed by atoms with van der Waals surface area (Å²) in [6.45, 7) is 7.83. The lowest BCUT2D eigenvalue weighted by Gasteiger charge is -2.31. The molecule has 0 saturated carbocycles. The number of ether oxygens (including phenoxy) is 1. The van der Waals surface area contributed by atoms with Crippen LogP contribution in [-0.2, 0) is 14.3 Å². The third-order valence-electron chi connectivity index (χ3n) is 2.76. The van der Waals surface area contributed by atoms with Gasteiger partial charge in [-0.25, -0.2) is 0 Å². The first-order valence-corrected chi connectivity index (χ1v) is 6.54. The molecule has 0 aliphatic carbocycles. The second-order valence-corrected chi connectivity index (χ2v) is 4.49. The van der Waals surface area contributed by atoms with Crippen molar-refractivity contribution in [2.75, 3.05) is 19.8 Å². The number of rotatable bonds is 8. The molecule has 1 unspecified atom stereocenters. The highest BCUT2D eigenvalue weighted by atomic mass is 16.5. The molecule has 0 heterocycles. The molecular formula is C13H25NO4. The first-order valence-electron chi connectivity index (χ1n) is 6.54. The molecule has 106 valence electrons. The zero-order valence-corrected chi connectivity index (χ0v) is 11.8. The second-order valence-electron chi connectivity index (χ2n) is 4.49. The first-order chi connectivity index (χ1) is 8.47. The highest BCUT2D eigenvalue weighted by Crippen LogP contribution is 2.10. The Morgan fingerprint density at radius 1 is 1.28 bits per heavy atom. The van der Waals surface area contributed by atoms with Gasteiger partial charge in [0.25, 0.3) is 0 Å². The zero-order chi connectivity index (χ0) is 14.1. The molecule has 0 saturated heterocycles. The molecule has 0 aromatic heterocycles. The summed E-state index contributed by atoms with van der Waals surface area (Å²) in [5, 5.41) is 9.29. The number of nitrogens with zero attached hydrogens (tertiary/aromatic N) is 1. The van der Waals surface area contributed by atoms with Crippen molar-refractivity contribution in [2.45, 2.75) is 46.6 Å². The van der Waals surface area contributed by atoms with Crippen molar-refractivity contribution in [1.82, 2.24) is 4.90 Å². The molecule has 0 aliphatic rings. The molecule has 0 spiro atoms. The van der Waals surface area contributed by atoms with Gasteiger partial charge in [0, 0.05) is 12.5 Å². The van der Waals surface area contributed by atoms with Gasteiger partial charge in [-0.1, -0.05) is 20.8 Å². The predicted molar refractivity (Wildman–Crippen MR) is 69.0 cm³/mol. The maximum atomic E-state index is 12.0. The van der Waals surface area contributed by atoms with Crippen LogP contribution in [0.4, 0.5) is 0 Å². The number of aliphatic hydroxyl groups excluding tert-OH is 1. The Kier molecular flexibility index (Phi) is 8.37. The van der Waals surface area contributed by atoms with Crippen LogP contribution in [0.1, 0.15) is 40.5 Å². The fraction of sp³-hybridized carbons (Fsp3) is 0.846. The standard InChI is InChI=1S/C13H25NO4/c1-5-11(9-15)14(13(17)10(3)4)8-7-12(16)18-6-2/h10-11,15H,5-9H2,1-4H3. The Morgan fingerprint density at radius 3 is 2.28 bits per heavy atom. The van der Waals surface area contributed by atoms with E-state index in [2.05, 4.69) is 0 Å². The molecule has 5 nitrogen and oxygen atoms in total. The monoisotopic (exact) mass is 259 g/mol. The lowest BCUT2D eigenvalue weighted by molar-refractivity contribution is -0.145. The van der Waals surface area contributed by atoms with Gasteiger partial charge >= 0.3 is 5.97 Å². The number of carbonyl (C=O) groups excluding carboxylic acids is 2. The van der Waals surface area contributed by atoms with Crippen LogP contribution in [0.15, 0.2) is 0 Å². The lowest BCUT2D eigenvalue weighted by Crippen LogP contribution is -2.45. The van der Waals surface area contributed by atoms with Gasteiger partial charge in [-0.05, 0) is 13.3 Å². The molecule has 1 N–H and O–H groups in total. The minimum absolute atomic E-state index is 0.0415. The third kappa shape index (κ3) is 5.49. The molecular weight excluding hydrogens is 234 g/mol. The minimum atomic E-state index is -0.313. The van der Waals surface area contributed by atoms with Crippen molar-refractivity contribution in [3.8, 4) is 0 Å². The normalized spacial score (nSPS) is 12.3. The van der Waals surface area contributed by atoms with Crippen LogP contribution in [0.5, 0.6) is 0 Å². The van der Waals surface area contributed by atoms with E-state index in [1.807, 2.05) is 20.8 Å². The van der Waals surface area contributed by atoms with Crippen molar-refractivity contribution < 1.29 is 19.4 Å². The third-order valence-corrected chi connectivity index (χ3v) is 2.76. The van der Waals surface area contributed by atoms with Crippen LogP contribution >= 0.6 is 0 Å². The summed E-state index contributed by atoms with van der Waals surface area (Å²) in [5.74, 6) is -0.500. The Labute approximate surface area is 109 Å². The zero-order valence-electron chi connectivity index (χ0n) is 11.8. The van der Waals surface area contributed by atoms with Crippen LogP contribution in [0.2, 0.25) is 0 Å². The highest BCUT2D eigenvalue weighted by molar-refractivity contribution is 5.79. The van der Waals surface area contributed by atoms with Crippen molar-refractivity contribution in [3.63, 3.8) is 0 Å². The van der Waals surface area contributed by atoms with Crippen molar-refractivity contribution >= 4 is 11.9 Å². The van der Waals surface area contributed by atoms with Crippen LogP contribution in [0, 0.1) is 5.92 Å². The Bertz CT molecular complexity index is 262. The molecule has 0 aromatic rings. The molecule has 18 heavy (non-hydrogen) atoms. The maximum Gasteiger partial charge on any atom is 0.307 e. The Morgan fingerprint density at radius 2 is 1.89 bits per heavy atom. The van der Waals surface area contributed by atoms with Gasteiger partial charge in [-0.2, -0.15) is 0 Å². The smallest absolute Gasteiger partial charge is 0.307 e. The minimum Gasteiger partial charge on any atom is -0.466 e. The van der Waals surface area contributed by atoms with Crippen LogP contribution in [0.3, 0.4) is 0 Å². The molecule has 0 aromatic carbocycles. The van der Waals surface area contributed by atoms with Gasteiger partial charge in [0.2, 0.25) is 5.91 Å². The summed E-state index contributed by atoms with van der Waals surface area (Å²) in [6.07, 6.45) is 0.834. The van der Waals surface area contributed by atoms with E-state index in [4.69, 9.17) is 4.74 Å². The van der Waals surface area contributed by atoms with Crippen molar-refractivity contribution in [1.29, 1.82) is 0 Å². The SMILES string of the molecule is CCOC(=O)CCN(C(=O)C(C)C)C(CC)CO. The van der Waals surface area contributed by atoms with Gasteiger partial charge in [0.1, 0.15) is 0 Å². The molecule has 0 bridgehead atoms. The number of hydrogen-bond donors (Lipinski definition) is 1. The second kappa shape index (κ2) is 8.91. The van der Waals surface area contributed by atoms with Crippen LogP contribution < -0.4 is 0 Å². The van der Waals surface area contributed by atoms with E-state index in [1.165, 1.54) is 0 Å². The predicted octanol–water partition coefficient (Wildman–Crippen LogP) is 1.20. The van der Waals surface area contributed by atoms with E-state index in [-0.39, 0.29) is 36.9 Å². The average Bonchev–Trinajstić information content (AvgIpc) is 2.33. The fourth-order valence-electron chi connectivity index (χ4n) is 1.70. The van der Waals surface area contributed by atoms with Gasteiger partial charge in [-0.3, -0.25) is 9.59 Å². The fourth-order valence-corrected chi connectivity index (χ4v) is 1.70. The van der Waals surface area contributed by atoms with Crippen LogP contribution in [-0.4, -0.2) is 47.7 Å². The maximum absolute atomic E-state index is 12.0. The summed E-state index contributed by atoms with van der Waals surface area (Å²) in [6, 6.07) is -0.227. The molecule has 1 atom stereocenters. The molecule has 0 rings (SSSR count). The van der Waals surface area contributed by atoms with Crippen molar-refractivity contribution in [2.24, 2.45) is 5.92 Å². The van der Waals surface area contributed by atoms with Crippen molar-refractivity contribution in [3.05, 3.63) is 0 Å². The molecule has 0 fully saturated rings. The average molecular weight is 259 g/mol. The number of aliphatic hydroxyl groups is 1. The first kappa shape index (κ1) is 16.9. The number of carbonyl (C=O) groups is 2. The van der Waals surface area contributed by atoms with Crippen LogP contribution in [0.25, 0.3) is 0 Å². The molecule has 1 amide bonds. The van der Waals surface area contributed by atoms with E-state index in [0.717, 1.165) is 0 Å². The van der Waals surface area contributed by atoms with Gasteiger partial charge in [0.05, 0.1) is 25.7 Å². The molecule has 0 radical (unpaired) electrons. The summed E-state index contributed by atoms with van der Waals surface area (Å²) in [5.41, 5.74) is 0. The van der Waals surface area contributed by atoms with E-state index in [9.17, 15) is 14.7 Å². The lowest BCUT2D eigenvalue weighted by atomic mass is 10.1. The van der Waals surface area contributed by atoms with Gasteiger partial charge < -0.3 is 14.7 Å². The van der Waals surface area contributed by atoms with E-state index >= 15 is 0 Å². The summed E-state index contributed by atoms with van der Waals surface area (Å²) < 4.78 is 4.84. The van der Waals surface area contributed by atoms with Gasteiger partial charge in [-0.15, -0.1) is 0 Å². The largest absolute Gasteiger partial charge is 0.466 e. The summed E-state index contributed by atoms with van der Waals surface area (Å²) in [4.78, 5) is 24.9. The summed E-state index contributed by atoms with van der Waals surface area (Å²) >= 11 is 0. The molecule has 0 aliphatic heterocycles. The highest BCUT2D eigenvalue weighted by Gasteiger charge is 2.24. The van der Waals surface area contributed by atoms with E-state index in [1.54, 1.807) is 11.8 Å². The summed E-state index contributed by atoms with van der Waals surface area (Å²) in [7, 11) is 0. The topological polar surface area (TPSA) is 66.8 Å². The van der Waals surface area contributed by atoms with E-state index < -0.39 is 0 Å². The number of amides is 1. The Hall–Kier alpha value is -1.10. The Balaban J connectivity index is 4.57. The number of hydrogen-bond acceptors (Lipinski definition) is 4. The van der Waals surface area contributed by atoms with Gasteiger partial charge in [0.15, 0.2) is 0 Å². The van der Waals surface area contributed by atoms with E-state index in [0.29, 0.717) is 19.6 Å². The molecule has 5 heteroatoms. The number of esters is 1. The quantitative estimate of drug-likeness (QED) is 0.665.